The number of imide groups is 1. The lowest BCUT2D eigenvalue weighted by Gasteiger charge is -2.42. The van der Waals surface area contributed by atoms with Gasteiger partial charge in [-0.15, -0.1) is 0 Å². The smallest absolute Gasteiger partial charge is 0.319 e. The van der Waals surface area contributed by atoms with E-state index in [1.807, 2.05) is 35.2 Å². The highest BCUT2D eigenvalue weighted by Crippen LogP contribution is 2.42. The van der Waals surface area contributed by atoms with Crippen LogP contribution in [0.2, 0.25) is 0 Å². The van der Waals surface area contributed by atoms with Gasteiger partial charge in [0.15, 0.2) is 5.82 Å². The third kappa shape index (κ3) is 5.24. The van der Waals surface area contributed by atoms with Crippen molar-refractivity contribution in [2.24, 2.45) is 0 Å². The predicted octanol–water partition coefficient (Wildman–Crippen LogP) is 5.22. The van der Waals surface area contributed by atoms with E-state index in [9.17, 15) is 19.5 Å². The van der Waals surface area contributed by atoms with E-state index in [1.165, 1.54) is 0 Å². The van der Waals surface area contributed by atoms with Crippen molar-refractivity contribution in [2.75, 3.05) is 37.7 Å². The number of fused-ring (bicyclic) bond motifs is 5. The van der Waals surface area contributed by atoms with Crippen LogP contribution in [0.4, 0.5) is 15.0 Å². The molecule has 258 valence electrons. The van der Waals surface area contributed by atoms with E-state index in [4.69, 9.17) is 14.7 Å². The maximum Gasteiger partial charge on any atom is 0.319 e. The summed E-state index contributed by atoms with van der Waals surface area (Å²) >= 11 is 0.869. The summed E-state index contributed by atoms with van der Waals surface area (Å²) in [6.45, 7) is 3.49. The van der Waals surface area contributed by atoms with Gasteiger partial charge in [0.25, 0.3) is 5.24 Å². The highest BCUT2D eigenvalue weighted by atomic mass is 32.2. The number of carbonyl (C=O) groups excluding carboxylic acids is 3. The summed E-state index contributed by atoms with van der Waals surface area (Å²) in [5.41, 5.74) is 0.972. The number of nitrogens with zero attached hydrogens (tertiary/aromatic N) is 5. The second-order valence-corrected chi connectivity index (χ2v) is 15.4. The highest BCUT2D eigenvalue weighted by Gasteiger charge is 2.46. The molecule has 4 aromatic rings. The average Bonchev–Trinajstić information content (AvgIpc) is 3.84. The standard InChI is InChI=1S/C37H37FN6O5S/c38-31-26(28-16-24(45)15-21-5-1-2-6-25(21)28)9-10-27-32(31)39-35(49-20-37-11-3-13-43(37)14-4-12-37)40-33(27)42-18-22-7-8-23(19-42)44(22)30(46)17-29-34(47)41-36(48)50-29/h1-2,5-6,9-10,15-16,22-23,29,45H,3-4,7-8,11-14,17-20H2,(H,41,47,48). The first kappa shape index (κ1) is 31.5. The molecule has 6 heterocycles. The molecule has 0 aliphatic carbocycles. The molecule has 2 bridgehead atoms. The first-order valence-corrected chi connectivity index (χ1v) is 18.3. The SMILES string of the molecule is O=C1NC(=O)C(CC(=O)N2C3CCC2CN(c2nc(OCC45CCCN4CCC5)nc4c(F)c(-c5cc(O)cc6ccccc56)ccc24)C3)S1. The Morgan fingerprint density at radius 3 is 2.50 bits per heavy atom. The monoisotopic (exact) mass is 696 g/mol. The third-order valence-electron chi connectivity index (χ3n) is 11.4. The number of carbonyl (C=O) groups is 3. The van der Waals surface area contributed by atoms with Crippen LogP contribution >= 0.6 is 11.8 Å². The van der Waals surface area contributed by atoms with Gasteiger partial charge in [0.05, 0.1) is 5.54 Å². The van der Waals surface area contributed by atoms with Crippen LogP contribution in [0.1, 0.15) is 44.9 Å². The number of phenols is 1. The second kappa shape index (κ2) is 12.1. The molecule has 11 nitrogen and oxygen atoms in total. The molecule has 5 saturated heterocycles. The van der Waals surface area contributed by atoms with Gasteiger partial charge in [0.2, 0.25) is 11.8 Å². The van der Waals surface area contributed by atoms with Crippen LogP contribution in [-0.4, -0.2) is 97.6 Å². The van der Waals surface area contributed by atoms with Crippen LogP contribution in [0.5, 0.6) is 11.8 Å². The van der Waals surface area contributed by atoms with E-state index in [0.717, 1.165) is 74.1 Å². The molecular weight excluding hydrogens is 660 g/mol. The molecule has 3 atom stereocenters. The minimum atomic E-state index is -0.714. The zero-order valence-electron chi connectivity index (χ0n) is 27.4. The number of phenolic OH excluding ortho intramolecular Hbond substituents is 1. The van der Waals surface area contributed by atoms with Crippen molar-refractivity contribution in [1.82, 2.24) is 25.1 Å². The summed E-state index contributed by atoms with van der Waals surface area (Å²) in [4.78, 5) is 53.5. The van der Waals surface area contributed by atoms with Crippen LogP contribution in [0.15, 0.2) is 48.5 Å². The molecule has 2 N–H and O–H groups in total. The number of halogens is 1. The van der Waals surface area contributed by atoms with E-state index in [1.54, 1.807) is 18.2 Å². The third-order valence-corrected chi connectivity index (χ3v) is 12.4. The number of ether oxygens (including phenoxy) is 1. The predicted molar refractivity (Wildman–Crippen MR) is 188 cm³/mol. The molecule has 5 fully saturated rings. The van der Waals surface area contributed by atoms with Crippen molar-refractivity contribution in [1.29, 1.82) is 0 Å². The lowest BCUT2D eigenvalue weighted by molar-refractivity contribution is -0.136. The van der Waals surface area contributed by atoms with E-state index in [2.05, 4.69) is 15.1 Å². The highest BCUT2D eigenvalue weighted by molar-refractivity contribution is 8.15. The van der Waals surface area contributed by atoms with Gasteiger partial charge in [-0.1, -0.05) is 42.1 Å². The molecule has 3 unspecified atom stereocenters. The Morgan fingerprint density at radius 1 is 1.00 bits per heavy atom. The molecule has 9 rings (SSSR count). The van der Waals surface area contributed by atoms with Gasteiger partial charge in [-0.2, -0.15) is 9.97 Å². The molecule has 3 amide bonds. The number of benzene rings is 3. The number of rotatable bonds is 7. The van der Waals surface area contributed by atoms with Crippen molar-refractivity contribution in [3.05, 3.63) is 54.3 Å². The first-order chi connectivity index (χ1) is 24.3. The van der Waals surface area contributed by atoms with Crippen molar-refractivity contribution in [2.45, 2.75) is 67.8 Å². The minimum absolute atomic E-state index is 0.0276. The summed E-state index contributed by atoms with van der Waals surface area (Å²) in [6.07, 6.45) is 5.90. The number of piperazine rings is 1. The lowest BCUT2D eigenvalue weighted by Crippen LogP contribution is -2.56. The number of nitrogens with one attached hydrogen (secondary N) is 1. The second-order valence-electron chi connectivity index (χ2n) is 14.3. The van der Waals surface area contributed by atoms with E-state index < -0.39 is 22.2 Å². The Hall–Kier alpha value is -4.49. The van der Waals surface area contributed by atoms with Crippen LogP contribution in [0.25, 0.3) is 32.8 Å². The summed E-state index contributed by atoms with van der Waals surface area (Å²) < 4.78 is 23.3. The summed E-state index contributed by atoms with van der Waals surface area (Å²) in [7, 11) is 0. The normalized spacial score (nSPS) is 24.4. The van der Waals surface area contributed by atoms with Gasteiger partial charge in [-0.3, -0.25) is 24.6 Å². The van der Waals surface area contributed by atoms with Crippen LogP contribution in [0, 0.1) is 5.82 Å². The molecular formula is C37H37FN6O5S. The Morgan fingerprint density at radius 2 is 1.76 bits per heavy atom. The summed E-state index contributed by atoms with van der Waals surface area (Å²) in [5, 5.41) is 13.8. The lowest BCUT2D eigenvalue weighted by atomic mass is 9.95. The Balaban J connectivity index is 1.08. The van der Waals surface area contributed by atoms with Gasteiger partial charge >= 0.3 is 6.01 Å². The number of aromatic hydroxyl groups is 1. The van der Waals surface area contributed by atoms with E-state index in [0.29, 0.717) is 42.0 Å². The quantitative estimate of drug-likeness (QED) is 0.266. The zero-order chi connectivity index (χ0) is 34.1. The fraction of sp³-hybridized carbons (Fsp3) is 0.432. The van der Waals surface area contributed by atoms with Gasteiger partial charge in [-0.25, -0.2) is 4.39 Å². The van der Waals surface area contributed by atoms with Crippen LogP contribution in [-0.2, 0) is 9.59 Å². The van der Waals surface area contributed by atoms with Gasteiger partial charge in [0, 0.05) is 42.5 Å². The molecule has 0 radical (unpaired) electrons. The molecule has 1 aromatic heterocycles. The Bertz CT molecular complexity index is 2060. The molecule has 50 heavy (non-hydrogen) atoms. The van der Waals surface area contributed by atoms with Crippen molar-refractivity contribution in [3.63, 3.8) is 0 Å². The topological polar surface area (TPSA) is 128 Å². The van der Waals surface area contributed by atoms with Crippen molar-refractivity contribution in [3.8, 4) is 22.9 Å². The number of hydrogen-bond donors (Lipinski definition) is 2. The molecule has 0 spiro atoms. The van der Waals surface area contributed by atoms with Gasteiger partial charge in [0.1, 0.15) is 28.9 Å². The zero-order valence-corrected chi connectivity index (χ0v) is 28.3. The fourth-order valence-corrected chi connectivity index (χ4v) is 9.90. The molecule has 13 heteroatoms. The maximum absolute atomic E-state index is 16.9. The Labute approximate surface area is 292 Å². The van der Waals surface area contributed by atoms with E-state index in [-0.39, 0.29) is 47.2 Å². The fourth-order valence-electron chi connectivity index (χ4n) is 9.09. The number of thioether (sulfide) groups is 1. The first-order valence-electron chi connectivity index (χ1n) is 17.4. The number of aromatic nitrogens is 2. The van der Waals surface area contributed by atoms with Crippen molar-refractivity contribution >= 4 is 56.3 Å². The molecule has 5 aliphatic heterocycles. The number of amides is 3. The largest absolute Gasteiger partial charge is 0.508 e. The van der Waals surface area contributed by atoms with Gasteiger partial charge < -0.3 is 19.6 Å². The van der Waals surface area contributed by atoms with Crippen LogP contribution in [0.3, 0.4) is 0 Å². The molecule has 5 aliphatic rings. The summed E-state index contributed by atoms with van der Waals surface area (Å²) in [5.74, 6) is -0.473. The van der Waals surface area contributed by atoms with Gasteiger partial charge in [-0.05, 0) is 86.1 Å². The minimum Gasteiger partial charge on any atom is -0.508 e. The Kier molecular flexibility index (Phi) is 7.61. The van der Waals surface area contributed by atoms with E-state index >= 15 is 4.39 Å². The maximum atomic E-state index is 16.9. The molecule has 0 saturated carbocycles. The number of anilines is 1. The van der Waals surface area contributed by atoms with Crippen LogP contribution < -0.4 is 15.0 Å². The summed E-state index contributed by atoms with van der Waals surface area (Å²) in [6, 6.07) is 14.3. The average molecular weight is 697 g/mol. The van der Waals surface area contributed by atoms with Crippen molar-refractivity contribution < 1.29 is 28.6 Å². The number of hydrogen-bond acceptors (Lipinski definition) is 10. The molecule has 3 aromatic carbocycles.